The van der Waals surface area contributed by atoms with Crippen LogP contribution in [-0.4, -0.2) is 33.9 Å². The Balaban J connectivity index is 1.84. The first-order chi connectivity index (χ1) is 11.0. The van der Waals surface area contributed by atoms with Gasteiger partial charge in [0.05, 0.1) is 5.25 Å². The summed E-state index contributed by atoms with van der Waals surface area (Å²) < 4.78 is 0.810. The average molecular weight is 355 g/mol. The maximum Gasteiger partial charge on any atom is 0.233 e. The van der Waals surface area contributed by atoms with Crippen LogP contribution in [0.5, 0.6) is 0 Å². The Morgan fingerprint density at radius 2 is 2.26 bits per heavy atom. The Bertz CT molecular complexity index is 534. The van der Waals surface area contributed by atoms with Gasteiger partial charge in [-0.25, -0.2) is 0 Å². The van der Waals surface area contributed by atoms with E-state index >= 15 is 0 Å². The third kappa shape index (κ3) is 5.21. The van der Waals surface area contributed by atoms with Crippen LogP contribution in [0.3, 0.4) is 0 Å². The van der Waals surface area contributed by atoms with Crippen LogP contribution in [0.2, 0.25) is 0 Å². The number of carbonyl (C=O) groups is 1. The van der Waals surface area contributed by atoms with Crippen molar-refractivity contribution in [2.24, 2.45) is 11.8 Å². The van der Waals surface area contributed by atoms with E-state index in [1.54, 1.807) is 6.08 Å². The predicted molar refractivity (Wildman–Crippen MR) is 98.0 cm³/mol. The third-order valence-corrected chi connectivity index (χ3v) is 6.55. The van der Waals surface area contributed by atoms with E-state index in [4.69, 9.17) is 0 Å². The molecular formula is C16H26N4OS2. The number of anilines is 1. The lowest BCUT2D eigenvalue weighted by Gasteiger charge is -2.35. The highest BCUT2D eigenvalue weighted by atomic mass is 32.2. The van der Waals surface area contributed by atoms with Gasteiger partial charge in [0.1, 0.15) is 0 Å². The van der Waals surface area contributed by atoms with Gasteiger partial charge in [0.2, 0.25) is 11.0 Å². The molecule has 1 aromatic heterocycles. The van der Waals surface area contributed by atoms with Crippen molar-refractivity contribution in [3.8, 4) is 0 Å². The van der Waals surface area contributed by atoms with Crippen molar-refractivity contribution >= 4 is 34.1 Å². The SMILES string of the molecule is C=CCNc1nnc(S[C@H](C)C(=O)N[C@H]2CCC[C@@H](C)[C@H]2C)s1. The molecule has 23 heavy (non-hydrogen) atoms. The molecule has 0 radical (unpaired) electrons. The molecule has 1 aliphatic carbocycles. The van der Waals surface area contributed by atoms with Crippen LogP contribution in [0.15, 0.2) is 17.0 Å². The van der Waals surface area contributed by atoms with Gasteiger partial charge in [-0.15, -0.1) is 16.8 Å². The Hall–Kier alpha value is -1.08. The molecule has 0 spiro atoms. The fourth-order valence-electron chi connectivity index (χ4n) is 2.78. The summed E-state index contributed by atoms with van der Waals surface area (Å²) in [5.41, 5.74) is 0. The first kappa shape index (κ1) is 18.3. The quantitative estimate of drug-likeness (QED) is 0.579. The fraction of sp³-hybridized carbons (Fsp3) is 0.688. The Kier molecular flexibility index (Phi) is 6.89. The number of hydrogen-bond donors (Lipinski definition) is 2. The zero-order valence-electron chi connectivity index (χ0n) is 14.0. The summed E-state index contributed by atoms with van der Waals surface area (Å²) in [6.45, 7) is 10.8. The number of hydrogen-bond acceptors (Lipinski definition) is 6. The average Bonchev–Trinajstić information content (AvgIpc) is 2.97. The standard InChI is InChI=1S/C16H26N4OS2/c1-5-9-17-15-19-20-16(23-15)22-12(4)14(21)18-13-8-6-7-10(2)11(13)3/h5,10-13H,1,6-9H2,2-4H3,(H,17,19)(H,18,21)/t10-,11-,12-,13+/m1/s1. The minimum atomic E-state index is -0.167. The van der Waals surface area contributed by atoms with Crippen LogP contribution < -0.4 is 10.6 Å². The molecule has 0 bridgehead atoms. The summed E-state index contributed by atoms with van der Waals surface area (Å²) in [5, 5.41) is 15.1. The van der Waals surface area contributed by atoms with E-state index in [-0.39, 0.29) is 11.2 Å². The van der Waals surface area contributed by atoms with Crippen molar-refractivity contribution < 1.29 is 4.79 Å². The Labute approximate surface area is 146 Å². The van der Waals surface area contributed by atoms with Crippen LogP contribution in [0.25, 0.3) is 0 Å². The zero-order valence-corrected chi connectivity index (χ0v) is 15.7. The predicted octanol–water partition coefficient (Wildman–Crippen LogP) is 3.56. The smallest absolute Gasteiger partial charge is 0.233 e. The molecule has 0 aliphatic heterocycles. The molecule has 1 saturated carbocycles. The van der Waals surface area contributed by atoms with E-state index in [1.807, 2.05) is 6.92 Å². The van der Waals surface area contributed by atoms with Gasteiger partial charge in [0.25, 0.3) is 0 Å². The summed E-state index contributed by atoms with van der Waals surface area (Å²) in [5.74, 6) is 1.32. The second-order valence-electron chi connectivity index (χ2n) is 6.19. The minimum absolute atomic E-state index is 0.0942. The normalized spacial score (nSPS) is 25.6. The molecule has 2 N–H and O–H groups in total. The highest BCUT2D eigenvalue weighted by Gasteiger charge is 2.29. The van der Waals surface area contributed by atoms with Crippen LogP contribution in [0, 0.1) is 11.8 Å². The molecule has 0 aromatic carbocycles. The Morgan fingerprint density at radius 1 is 1.48 bits per heavy atom. The summed E-state index contributed by atoms with van der Waals surface area (Å²) >= 11 is 2.93. The Morgan fingerprint density at radius 3 is 3.00 bits per heavy atom. The summed E-state index contributed by atoms with van der Waals surface area (Å²) in [7, 11) is 0. The topological polar surface area (TPSA) is 66.9 Å². The van der Waals surface area contributed by atoms with Gasteiger partial charge < -0.3 is 10.6 Å². The van der Waals surface area contributed by atoms with Gasteiger partial charge in [0.15, 0.2) is 4.34 Å². The molecule has 1 aromatic rings. The van der Waals surface area contributed by atoms with Gasteiger partial charge >= 0.3 is 0 Å². The highest BCUT2D eigenvalue weighted by Crippen LogP contribution is 2.31. The summed E-state index contributed by atoms with van der Waals surface area (Å²) in [4.78, 5) is 12.4. The van der Waals surface area contributed by atoms with Gasteiger partial charge in [-0.05, 0) is 25.2 Å². The van der Waals surface area contributed by atoms with Crippen LogP contribution in [0.4, 0.5) is 5.13 Å². The van der Waals surface area contributed by atoms with Crippen molar-refractivity contribution in [2.45, 2.75) is 55.7 Å². The number of amides is 1. The molecule has 4 atom stereocenters. The number of rotatable bonds is 7. The highest BCUT2D eigenvalue weighted by molar-refractivity contribution is 8.02. The first-order valence-corrected chi connectivity index (χ1v) is 9.86. The van der Waals surface area contributed by atoms with Crippen LogP contribution in [-0.2, 0) is 4.79 Å². The van der Waals surface area contributed by atoms with Crippen molar-refractivity contribution in [2.75, 3.05) is 11.9 Å². The maximum atomic E-state index is 12.4. The number of nitrogens with one attached hydrogen (secondary N) is 2. The molecule has 1 aliphatic rings. The second kappa shape index (κ2) is 8.68. The van der Waals surface area contributed by atoms with Crippen molar-refractivity contribution in [1.29, 1.82) is 0 Å². The number of aromatic nitrogens is 2. The lowest BCUT2D eigenvalue weighted by atomic mass is 9.78. The van der Waals surface area contributed by atoms with Crippen LogP contribution >= 0.6 is 23.1 Å². The lowest BCUT2D eigenvalue weighted by Crippen LogP contribution is -2.46. The van der Waals surface area contributed by atoms with Gasteiger partial charge in [0, 0.05) is 12.6 Å². The number of carbonyl (C=O) groups excluding carboxylic acids is 1. The number of nitrogens with zero attached hydrogens (tertiary/aromatic N) is 2. The number of thioether (sulfide) groups is 1. The molecule has 2 rings (SSSR count). The van der Waals surface area contributed by atoms with Gasteiger partial charge in [-0.2, -0.15) is 0 Å². The van der Waals surface area contributed by atoms with E-state index in [1.165, 1.54) is 35.9 Å². The van der Waals surface area contributed by atoms with E-state index < -0.39 is 0 Å². The van der Waals surface area contributed by atoms with E-state index in [2.05, 4.69) is 41.3 Å². The molecule has 0 saturated heterocycles. The van der Waals surface area contributed by atoms with Crippen molar-refractivity contribution in [3.63, 3.8) is 0 Å². The van der Waals surface area contributed by atoms with E-state index in [9.17, 15) is 4.79 Å². The molecule has 1 fully saturated rings. The van der Waals surface area contributed by atoms with E-state index in [0.717, 1.165) is 15.9 Å². The fourth-order valence-corrected chi connectivity index (χ4v) is 4.69. The molecule has 1 amide bonds. The van der Waals surface area contributed by atoms with Crippen LogP contribution in [0.1, 0.15) is 40.0 Å². The molecular weight excluding hydrogens is 328 g/mol. The van der Waals surface area contributed by atoms with Gasteiger partial charge in [-0.3, -0.25) is 4.79 Å². The lowest BCUT2D eigenvalue weighted by molar-refractivity contribution is -0.121. The van der Waals surface area contributed by atoms with Gasteiger partial charge in [-0.1, -0.05) is 55.9 Å². The molecule has 1 heterocycles. The summed E-state index contributed by atoms with van der Waals surface area (Å²) in [6, 6.07) is 0.300. The first-order valence-electron chi connectivity index (χ1n) is 8.16. The maximum absolute atomic E-state index is 12.4. The molecule has 128 valence electrons. The monoisotopic (exact) mass is 354 g/mol. The van der Waals surface area contributed by atoms with Crippen molar-refractivity contribution in [3.05, 3.63) is 12.7 Å². The van der Waals surface area contributed by atoms with Crippen molar-refractivity contribution in [1.82, 2.24) is 15.5 Å². The third-order valence-electron chi connectivity index (χ3n) is 4.49. The van der Waals surface area contributed by atoms with E-state index in [0.29, 0.717) is 24.4 Å². The molecule has 5 nitrogen and oxygen atoms in total. The largest absolute Gasteiger partial charge is 0.357 e. The zero-order chi connectivity index (χ0) is 16.8. The molecule has 0 unspecified atom stereocenters. The minimum Gasteiger partial charge on any atom is -0.357 e. The second-order valence-corrected chi connectivity index (χ2v) is 8.75. The molecule has 7 heteroatoms. The summed E-state index contributed by atoms with van der Waals surface area (Å²) in [6.07, 6.45) is 5.33.